The van der Waals surface area contributed by atoms with Gasteiger partial charge in [-0.05, 0) is 32.5 Å². The first-order valence-electron chi connectivity index (χ1n) is 6.71. The van der Waals surface area contributed by atoms with Crippen LogP contribution in [0.15, 0.2) is 39.3 Å². The van der Waals surface area contributed by atoms with Crippen LogP contribution in [0.1, 0.15) is 22.8 Å². The molecule has 0 saturated heterocycles. The number of benzene rings is 1. The fraction of sp³-hybridized carbons (Fsp3) is 0.312. The summed E-state index contributed by atoms with van der Waals surface area (Å²) in [6.45, 7) is 5.50. The lowest BCUT2D eigenvalue weighted by Crippen LogP contribution is -2.16. The molecule has 0 spiro atoms. The van der Waals surface area contributed by atoms with Crippen LogP contribution >= 0.6 is 0 Å². The van der Waals surface area contributed by atoms with Gasteiger partial charge in [0.05, 0.1) is 18.8 Å². The molecular formula is C16H18N2O2. The van der Waals surface area contributed by atoms with Crippen molar-refractivity contribution in [3.63, 3.8) is 0 Å². The third kappa shape index (κ3) is 2.47. The van der Waals surface area contributed by atoms with E-state index in [4.69, 9.17) is 8.94 Å². The van der Waals surface area contributed by atoms with E-state index in [0.29, 0.717) is 0 Å². The molecule has 4 nitrogen and oxygen atoms in total. The van der Waals surface area contributed by atoms with Gasteiger partial charge in [0, 0.05) is 11.5 Å². The van der Waals surface area contributed by atoms with Crippen molar-refractivity contribution in [2.75, 3.05) is 7.05 Å². The summed E-state index contributed by atoms with van der Waals surface area (Å²) >= 11 is 0. The lowest BCUT2D eigenvalue weighted by Gasteiger charge is -2.13. The van der Waals surface area contributed by atoms with Crippen LogP contribution < -0.4 is 0 Å². The summed E-state index contributed by atoms with van der Waals surface area (Å²) < 4.78 is 11.2. The number of fused-ring (bicyclic) bond motifs is 1. The maximum absolute atomic E-state index is 5.92. The molecule has 0 unspecified atom stereocenters. The average Bonchev–Trinajstić information content (AvgIpc) is 2.95. The molecule has 0 saturated carbocycles. The second-order valence-electron chi connectivity index (χ2n) is 5.25. The van der Waals surface area contributed by atoms with Crippen LogP contribution in [0.4, 0.5) is 0 Å². The number of hydrogen-bond donors (Lipinski definition) is 0. The van der Waals surface area contributed by atoms with Gasteiger partial charge < -0.3 is 8.94 Å². The van der Waals surface area contributed by atoms with Crippen molar-refractivity contribution in [1.29, 1.82) is 0 Å². The summed E-state index contributed by atoms with van der Waals surface area (Å²) in [4.78, 5) is 2.16. The van der Waals surface area contributed by atoms with Crippen molar-refractivity contribution in [2.45, 2.75) is 26.9 Å². The molecule has 3 rings (SSSR count). The third-order valence-corrected chi connectivity index (χ3v) is 3.46. The molecule has 0 bridgehead atoms. The second kappa shape index (κ2) is 5.13. The topological polar surface area (TPSA) is 42.4 Å². The van der Waals surface area contributed by atoms with Crippen molar-refractivity contribution in [2.24, 2.45) is 0 Å². The number of para-hydroxylation sites is 1. The highest BCUT2D eigenvalue weighted by atomic mass is 16.5. The summed E-state index contributed by atoms with van der Waals surface area (Å²) in [5.74, 6) is 1.88. The molecule has 0 aliphatic heterocycles. The van der Waals surface area contributed by atoms with Crippen molar-refractivity contribution < 1.29 is 8.94 Å². The average molecular weight is 270 g/mol. The van der Waals surface area contributed by atoms with Crippen LogP contribution in [0.3, 0.4) is 0 Å². The number of aromatic nitrogens is 1. The maximum atomic E-state index is 5.92. The van der Waals surface area contributed by atoms with Crippen LogP contribution in [0, 0.1) is 13.8 Å². The molecule has 1 aromatic carbocycles. The van der Waals surface area contributed by atoms with Gasteiger partial charge in [0.2, 0.25) is 0 Å². The fourth-order valence-corrected chi connectivity index (χ4v) is 2.43. The van der Waals surface area contributed by atoms with E-state index in [0.717, 1.165) is 35.9 Å². The summed E-state index contributed by atoms with van der Waals surface area (Å²) in [5.41, 5.74) is 3.07. The largest absolute Gasteiger partial charge is 0.459 e. The summed E-state index contributed by atoms with van der Waals surface area (Å²) in [7, 11) is 2.05. The summed E-state index contributed by atoms with van der Waals surface area (Å²) in [5, 5.41) is 5.09. The zero-order chi connectivity index (χ0) is 14.1. The minimum atomic E-state index is 0.720. The van der Waals surface area contributed by atoms with E-state index >= 15 is 0 Å². The molecule has 0 atom stereocenters. The minimum Gasteiger partial charge on any atom is -0.459 e. The first kappa shape index (κ1) is 12.9. The van der Waals surface area contributed by atoms with E-state index in [9.17, 15) is 0 Å². The van der Waals surface area contributed by atoms with Crippen LogP contribution in [0.2, 0.25) is 0 Å². The van der Waals surface area contributed by atoms with E-state index in [-0.39, 0.29) is 0 Å². The minimum absolute atomic E-state index is 0.720. The zero-order valence-electron chi connectivity index (χ0n) is 12.0. The molecule has 104 valence electrons. The highest BCUT2D eigenvalue weighted by Crippen LogP contribution is 2.25. The molecule has 3 aromatic rings. The van der Waals surface area contributed by atoms with Crippen molar-refractivity contribution in [3.8, 4) is 0 Å². The van der Waals surface area contributed by atoms with Gasteiger partial charge in [-0.25, -0.2) is 0 Å². The molecule has 0 aliphatic rings. The number of aryl methyl sites for hydroxylation is 2. The van der Waals surface area contributed by atoms with E-state index < -0.39 is 0 Å². The Labute approximate surface area is 118 Å². The van der Waals surface area contributed by atoms with Gasteiger partial charge in [0.15, 0.2) is 5.76 Å². The van der Waals surface area contributed by atoms with Gasteiger partial charge in [-0.1, -0.05) is 23.4 Å². The molecule has 2 aromatic heterocycles. The lowest BCUT2D eigenvalue weighted by atomic mass is 10.1. The molecular weight excluding hydrogens is 252 g/mol. The predicted molar refractivity (Wildman–Crippen MR) is 77.4 cm³/mol. The van der Waals surface area contributed by atoms with Gasteiger partial charge in [-0.15, -0.1) is 0 Å². The number of nitrogens with zero attached hydrogens (tertiary/aromatic N) is 2. The van der Waals surface area contributed by atoms with E-state index in [1.807, 2.05) is 38.2 Å². The van der Waals surface area contributed by atoms with Crippen molar-refractivity contribution in [1.82, 2.24) is 10.1 Å². The molecule has 0 amide bonds. The normalized spacial score (nSPS) is 11.6. The van der Waals surface area contributed by atoms with E-state index in [2.05, 4.69) is 23.0 Å². The molecule has 0 N–H and O–H groups in total. The maximum Gasteiger partial charge on any atom is 0.150 e. The van der Waals surface area contributed by atoms with Crippen molar-refractivity contribution >= 4 is 11.0 Å². The first-order chi connectivity index (χ1) is 9.63. The number of hydrogen-bond acceptors (Lipinski definition) is 4. The third-order valence-electron chi connectivity index (χ3n) is 3.46. The summed E-state index contributed by atoms with van der Waals surface area (Å²) in [6.07, 6.45) is 0. The SMILES string of the molecule is Cc1cc(CN(C)Cc2oc3ccccc3c2C)on1. The Morgan fingerprint density at radius 1 is 1.15 bits per heavy atom. The van der Waals surface area contributed by atoms with Gasteiger partial charge >= 0.3 is 0 Å². The number of rotatable bonds is 4. The Bertz CT molecular complexity index is 727. The predicted octanol–water partition coefficient (Wildman–Crippen LogP) is 3.67. The quantitative estimate of drug-likeness (QED) is 0.725. The molecule has 0 radical (unpaired) electrons. The molecule has 4 heteroatoms. The molecule has 2 heterocycles. The molecule has 0 aliphatic carbocycles. The molecule has 20 heavy (non-hydrogen) atoms. The van der Waals surface area contributed by atoms with Crippen LogP contribution in [0.25, 0.3) is 11.0 Å². The monoisotopic (exact) mass is 270 g/mol. The van der Waals surface area contributed by atoms with Crippen LogP contribution in [-0.2, 0) is 13.1 Å². The Hall–Kier alpha value is -2.07. The molecule has 0 fully saturated rings. The van der Waals surface area contributed by atoms with Gasteiger partial charge in [-0.2, -0.15) is 0 Å². The van der Waals surface area contributed by atoms with Gasteiger partial charge in [0.1, 0.15) is 11.3 Å². The highest BCUT2D eigenvalue weighted by Gasteiger charge is 2.13. The van der Waals surface area contributed by atoms with Crippen LogP contribution in [-0.4, -0.2) is 17.1 Å². The van der Waals surface area contributed by atoms with E-state index in [1.54, 1.807) is 0 Å². The van der Waals surface area contributed by atoms with Gasteiger partial charge in [-0.3, -0.25) is 4.90 Å². The Balaban J connectivity index is 1.77. The standard InChI is InChI=1S/C16H18N2O2/c1-11-8-13(20-17-11)9-18(3)10-16-12(2)14-6-4-5-7-15(14)19-16/h4-8H,9-10H2,1-3H3. The second-order valence-corrected chi connectivity index (χ2v) is 5.25. The Morgan fingerprint density at radius 3 is 2.65 bits per heavy atom. The lowest BCUT2D eigenvalue weighted by molar-refractivity contribution is 0.250. The fourth-order valence-electron chi connectivity index (χ4n) is 2.43. The summed E-state index contributed by atoms with van der Waals surface area (Å²) in [6, 6.07) is 10.1. The Morgan fingerprint density at radius 2 is 1.95 bits per heavy atom. The smallest absolute Gasteiger partial charge is 0.150 e. The van der Waals surface area contributed by atoms with Crippen molar-refractivity contribution in [3.05, 3.63) is 53.1 Å². The van der Waals surface area contributed by atoms with Crippen LogP contribution in [0.5, 0.6) is 0 Å². The van der Waals surface area contributed by atoms with Gasteiger partial charge in [0.25, 0.3) is 0 Å². The highest BCUT2D eigenvalue weighted by molar-refractivity contribution is 5.81. The first-order valence-corrected chi connectivity index (χ1v) is 6.71. The number of furan rings is 1. The Kier molecular flexibility index (Phi) is 3.32. The zero-order valence-corrected chi connectivity index (χ0v) is 12.0. The van der Waals surface area contributed by atoms with E-state index in [1.165, 1.54) is 10.9 Å².